The first-order valence-electron chi connectivity index (χ1n) is 6.58. The average Bonchev–Trinajstić information content (AvgIpc) is 2.82. The predicted octanol–water partition coefficient (Wildman–Crippen LogP) is 1.90. The molecule has 1 aliphatic rings. The third-order valence-corrected chi connectivity index (χ3v) is 3.62. The molecule has 3 rings (SSSR count). The second-order valence-corrected chi connectivity index (χ2v) is 4.99. The largest absolute Gasteiger partial charge is 0.361 e. The van der Waals surface area contributed by atoms with Gasteiger partial charge in [0.05, 0.1) is 13.0 Å². The van der Waals surface area contributed by atoms with Crippen LogP contribution in [0, 0.1) is 0 Å². The van der Waals surface area contributed by atoms with Crippen molar-refractivity contribution in [3.63, 3.8) is 0 Å². The molecule has 1 fully saturated rings. The summed E-state index contributed by atoms with van der Waals surface area (Å²) in [6.45, 7) is 0.980. The SMILES string of the molecule is O=C1CCCN(C(=O)Cc2c[nH]c3ccccc23)C1. The highest BCUT2D eigenvalue weighted by atomic mass is 16.2. The van der Waals surface area contributed by atoms with Gasteiger partial charge in [-0.05, 0) is 18.1 Å². The highest BCUT2D eigenvalue weighted by molar-refractivity contribution is 5.91. The monoisotopic (exact) mass is 256 g/mol. The molecule has 0 unspecified atom stereocenters. The minimum absolute atomic E-state index is 0.0396. The number of nitrogens with one attached hydrogen (secondary N) is 1. The Balaban J connectivity index is 1.77. The minimum Gasteiger partial charge on any atom is -0.361 e. The molecule has 1 N–H and O–H groups in total. The van der Waals surface area contributed by atoms with Crippen molar-refractivity contribution in [2.75, 3.05) is 13.1 Å². The van der Waals surface area contributed by atoms with Gasteiger partial charge in [-0.3, -0.25) is 9.59 Å². The predicted molar refractivity (Wildman–Crippen MR) is 72.8 cm³/mol. The van der Waals surface area contributed by atoms with Gasteiger partial charge < -0.3 is 9.88 Å². The molecule has 0 atom stereocenters. The molecule has 2 heterocycles. The molecule has 4 heteroatoms. The fraction of sp³-hybridized carbons (Fsp3) is 0.333. The zero-order valence-corrected chi connectivity index (χ0v) is 10.7. The maximum Gasteiger partial charge on any atom is 0.227 e. The van der Waals surface area contributed by atoms with Crippen LogP contribution in [-0.4, -0.2) is 34.7 Å². The number of carbonyl (C=O) groups is 2. The number of benzene rings is 1. The number of H-pyrrole nitrogens is 1. The Bertz CT molecular complexity index is 630. The Morgan fingerprint density at radius 3 is 3.00 bits per heavy atom. The molecule has 0 spiro atoms. The molecule has 2 aromatic rings. The van der Waals surface area contributed by atoms with Crippen LogP contribution in [0.3, 0.4) is 0 Å². The van der Waals surface area contributed by atoms with Crippen LogP contribution < -0.4 is 0 Å². The van der Waals surface area contributed by atoms with Gasteiger partial charge in [0.1, 0.15) is 0 Å². The number of hydrogen-bond donors (Lipinski definition) is 1. The number of ketones is 1. The molecule has 19 heavy (non-hydrogen) atoms. The van der Waals surface area contributed by atoms with E-state index < -0.39 is 0 Å². The summed E-state index contributed by atoms with van der Waals surface area (Å²) in [5.74, 6) is 0.205. The topological polar surface area (TPSA) is 53.2 Å². The van der Waals surface area contributed by atoms with E-state index in [1.807, 2.05) is 30.5 Å². The number of piperidine rings is 1. The van der Waals surface area contributed by atoms with Gasteiger partial charge in [-0.1, -0.05) is 18.2 Å². The molecule has 0 saturated carbocycles. The first-order chi connectivity index (χ1) is 9.24. The van der Waals surface area contributed by atoms with Crippen LogP contribution in [0.1, 0.15) is 18.4 Å². The first-order valence-corrected chi connectivity index (χ1v) is 6.58. The fourth-order valence-corrected chi connectivity index (χ4v) is 2.60. The van der Waals surface area contributed by atoms with Crippen molar-refractivity contribution in [3.05, 3.63) is 36.0 Å². The quantitative estimate of drug-likeness (QED) is 0.892. The number of Topliss-reactive ketones (excluding diaryl/α,β-unsaturated/α-hetero) is 1. The van der Waals surface area contributed by atoms with E-state index in [2.05, 4.69) is 4.98 Å². The maximum atomic E-state index is 12.2. The highest BCUT2D eigenvalue weighted by Crippen LogP contribution is 2.19. The van der Waals surface area contributed by atoms with Crippen LogP contribution in [0.25, 0.3) is 10.9 Å². The molecule has 1 aliphatic heterocycles. The van der Waals surface area contributed by atoms with Crippen LogP contribution in [0.5, 0.6) is 0 Å². The Hall–Kier alpha value is -2.10. The van der Waals surface area contributed by atoms with E-state index in [1.165, 1.54) is 0 Å². The molecule has 1 aromatic heterocycles. The van der Waals surface area contributed by atoms with E-state index in [4.69, 9.17) is 0 Å². The Morgan fingerprint density at radius 1 is 1.32 bits per heavy atom. The third kappa shape index (κ3) is 2.38. The third-order valence-electron chi connectivity index (χ3n) is 3.62. The number of fused-ring (bicyclic) bond motifs is 1. The summed E-state index contributed by atoms with van der Waals surface area (Å²) < 4.78 is 0. The van der Waals surface area contributed by atoms with Crippen LogP contribution in [0.2, 0.25) is 0 Å². The van der Waals surface area contributed by atoms with E-state index in [0.29, 0.717) is 19.4 Å². The maximum absolute atomic E-state index is 12.2. The summed E-state index contributed by atoms with van der Waals surface area (Å²) in [4.78, 5) is 28.4. The van der Waals surface area contributed by atoms with Crippen LogP contribution >= 0.6 is 0 Å². The summed E-state index contributed by atoms with van der Waals surface area (Å²) >= 11 is 0. The second-order valence-electron chi connectivity index (χ2n) is 4.99. The van der Waals surface area contributed by atoms with Crippen molar-refractivity contribution in [1.29, 1.82) is 0 Å². The van der Waals surface area contributed by atoms with E-state index in [0.717, 1.165) is 22.9 Å². The smallest absolute Gasteiger partial charge is 0.227 e. The fourth-order valence-electron chi connectivity index (χ4n) is 2.60. The van der Waals surface area contributed by atoms with Gasteiger partial charge in [0, 0.05) is 30.1 Å². The zero-order chi connectivity index (χ0) is 13.2. The van der Waals surface area contributed by atoms with E-state index in [-0.39, 0.29) is 18.2 Å². The number of likely N-dealkylation sites (tertiary alicyclic amines) is 1. The van der Waals surface area contributed by atoms with Gasteiger partial charge in [-0.15, -0.1) is 0 Å². The van der Waals surface area contributed by atoms with Gasteiger partial charge >= 0.3 is 0 Å². The number of hydrogen-bond acceptors (Lipinski definition) is 2. The number of amides is 1. The number of carbonyl (C=O) groups excluding carboxylic acids is 2. The molecular formula is C15H16N2O2. The molecule has 1 saturated heterocycles. The van der Waals surface area contributed by atoms with Gasteiger partial charge in [0.25, 0.3) is 0 Å². The van der Waals surface area contributed by atoms with Gasteiger partial charge in [0.15, 0.2) is 5.78 Å². The van der Waals surface area contributed by atoms with Gasteiger partial charge in [0.2, 0.25) is 5.91 Å². The molecular weight excluding hydrogens is 240 g/mol. The number of aromatic nitrogens is 1. The Kier molecular flexibility index (Phi) is 3.07. The van der Waals surface area contributed by atoms with Crippen molar-refractivity contribution in [2.24, 2.45) is 0 Å². The van der Waals surface area contributed by atoms with E-state index in [1.54, 1.807) is 4.90 Å². The standard InChI is InChI=1S/C15H16N2O2/c18-12-4-3-7-17(10-12)15(19)8-11-9-16-14-6-2-1-5-13(11)14/h1-2,5-6,9,16H,3-4,7-8,10H2. The normalized spacial score (nSPS) is 16.0. The number of para-hydroxylation sites is 1. The summed E-state index contributed by atoms with van der Waals surface area (Å²) in [6.07, 6.45) is 3.64. The average molecular weight is 256 g/mol. The lowest BCUT2D eigenvalue weighted by Crippen LogP contribution is -2.40. The van der Waals surface area contributed by atoms with Crippen LogP contribution in [-0.2, 0) is 16.0 Å². The first kappa shape index (κ1) is 12.0. The highest BCUT2D eigenvalue weighted by Gasteiger charge is 2.22. The van der Waals surface area contributed by atoms with Gasteiger partial charge in [-0.2, -0.15) is 0 Å². The van der Waals surface area contributed by atoms with E-state index in [9.17, 15) is 9.59 Å². The lowest BCUT2D eigenvalue weighted by atomic mass is 10.1. The molecule has 0 bridgehead atoms. The zero-order valence-electron chi connectivity index (χ0n) is 10.7. The van der Waals surface area contributed by atoms with Crippen molar-refractivity contribution >= 4 is 22.6 Å². The number of rotatable bonds is 2. The van der Waals surface area contributed by atoms with E-state index >= 15 is 0 Å². The molecule has 1 aromatic carbocycles. The van der Waals surface area contributed by atoms with Gasteiger partial charge in [-0.25, -0.2) is 0 Å². The molecule has 0 radical (unpaired) electrons. The van der Waals surface area contributed by atoms with Crippen LogP contribution in [0.15, 0.2) is 30.5 Å². The summed E-state index contributed by atoms with van der Waals surface area (Å²) in [7, 11) is 0. The minimum atomic E-state index is 0.0396. The van der Waals surface area contributed by atoms with Crippen LogP contribution in [0.4, 0.5) is 0 Å². The lowest BCUT2D eigenvalue weighted by molar-refractivity contribution is -0.137. The number of aromatic amines is 1. The summed E-state index contributed by atoms with van der Waals surface area (Å²) in [6, 6.07) is 7.94. The molecule has 98 valence electrons. The van der Waals surface area contributed by atoms with Crippen molar-refractivity contribution in [3.8, 4) is 0 Å². The lowest BCUT2D eigenvalue weighted by Gasteiger charge is -2.25. The van der Waals surface area contributed by atoms with Crippen molar-refractivity contribution in [1.82, 2.24) is 9.88 Å². The molecule has 0 aliphatic carbocycles. The summed E-state index contributed by atoms with van der Waals surface area (Å²) in [5, 5.41) is 1.08. The molecule has 1 amide bonds. The second kappa shape index (κ2) is 4.88. The van der Waals surface area contributed by atoms with Crippen molar-refractivity contribution < 1.29 is 9.59 Å². The number of nitrogens with zero attached hydrogens (tertiary/aromatic N) is 1. The Labute approximate surface area is 111 Å². The summed E-state index contributed by atoms with van der Waals surface area (Å²) in [5.41, 5.74) is 2.04. The Morgan fingerprint density at radius 2 is 2.16 bits per heavy atom. The molecule has 4 nitrogen and oxygen atoms in total. The van der Waals surface area contributed by atoms with Crippen molar-refractivity contribution in [2.45, 2.75) is 19.3 Å².